The van der Waals surface area contributed by atoms with Crippen molar-refractivity contribution in [2.75, 3.05) is 13.1 Å². The van der Waals surface area contributed by atoms with Crippen LogP contribution < -0.4 is 0 Å². The van der Waals surface area contributed by atoms with E-state index in [1.807, 2.05) is 11.0 Å². The predicted molar refractivity (Wildman–Crippen MR) is 91.3 cm³/mol. The zero-order valence-electron chi connectivity index (χ0n) is 13.2. The summed E-state index contributed by atoms with van der Waals surface area (Å²) in [7, 11) is 0. The Labute approximate surface area is 147 Å². The third kappa shape index (κ3) is 2.98. The largest absolute Gasteiger partial charge is 0.478 e. The maximum absolute atomic E-state index is 12.7. The first-order chi connectivity index (χ1) is 12.1. The molecule has 4 rings (SSSR count). The summed E-state index contributed by atoms with van der Waals surface area (Å²) in [6, 6.07) is 5.49. The zero-order chi connectivity index (χ0) is 17.4. The Balaban J connectivity index is 1.42. The number of carbonyl (C=O) groups excluding carboxylic acids is 1. The average Bonchev–Trinajstić information content (AvgIpc) is 3.30. The summed E-state index contributed by atoms with van der Waals surface area (Å²) in [5, 5.41) is 13.1. The Morgan fingerprint density at radius 1 is 1.12 bits per heavy atom. The molecule has 0 unspecified atom stereocenters. The minimum Gasteiger partial charge on any atom is -0.478 e. The number of rotatable bonds is 3. The van der Waals surface area contributed by atoms with Gasteiger partial charge < -0.3 is 10.0 Å². The molecule has 1 saturated heterocycles. The molecule has 9 heteroatoms. The molecule has 0 radical (unpaired) electrons. The summed E-state index contributed by atoms with van der Waals surface area (Å²) in [4.78, 5) is 25.5. The van der Waals surface area contributed by atoms with E-state index in [1.165, 1.54) is 6.20 Å². The Kier molecular flexibility index (Phi) is 3.92. The van der Waals surface area contributed by atoms with Crippen LogP contribution in [-0.4, -0.2) is 44.8 Å². The van der Waals surface area contributed by atoms with E-state index in [2.05, 4.69) is 13.8 Å². The molecule has 0 aliphatic carbocycles. The van der Waals surface area contributed by atoms with Crippen molar-refractivity contribution >= 4 is 34.6 Å². The molecule has 0 spiro atoms. The molecule has 3 heterocycles. The fourth-order valence-corrected chi connectivity index (χ4v) is 3.60. The zero-order valence-corrected chi connectivity index (χ0v) is 14.0. The Bertz CT molecular complexity index is 924. The van der Waals surface area contributed by atoms with Crippen LogP contribution in [0.5, 0.6) is 0 Å². The monoisotopic (exact) mass is 357 g/mol. The first-order valence-electron chi connectivity index (χ1n) is 7.91. The normalized spacial score (nSPS) is 16.6. The van der Waals surface area contributed by atoms with Crippen LogP contribution in [0.25, 0.3) is 0 Å². The SMILES string of the molecule is O=C(O)c1cnn(C2CCN(C(=O)c3ccc4c(c3)N=S=N4)CC2)c1. The molecule has 0 bridgehead atoms. The maximum Gasteiger partial charge on any atom is 0.338 e. The van der Waals surface area contributed by atoms with Gasteiger partial charge in [0.05, 0.1) is 29.2 Å². The fraction of sp³-hybridized carbons (Fsp3) is 0.312. The van der Waals surface area contributed by atoms with Gasteiger partial charge in [-0.25, -0.2) is 4.79 Å². The number of fused-ring (bicyclic) bond motifs is 1. The topological polar surface area (TPSA) is 100 Å². The van der Waals surface area contributed by atoms with E-state index in [0.29, 0.717) is 18.7 Å². The number of likely N-dealkylation sites (tertiary alicyclic amines) is 1. The number of hydrogen-bond donors (Lipinski definition) is 1. The third-order valence-electron chi connectivity index (χ3n) is 4.47. The molecule has 0 saturated carbocycles. The molecule has 2 aliphatic heterocycles. The van der Waals surface area contributed by atoms with Gasteiger partial charge in [0.1, 0.15) is 11.4 Å². The highest BCUT2D eigenvalue weighted by atomic mass is 32.1. The van der Waals surface area contributed by atoms with Crippen LogP contribution in [0, 0.1) is 0 Å². The van der Waals surface area contributed by atoms with Gasteiger partial charge in [-0.05, 0) is 31.0 Å². The number of aromatic nitrogens is 2. The van der Waals surface area contributed by atoms with Gasteiger partial charge in [-0.3, -0.25) is 9.48 Å². The lowest BCUT2D eigenvalue weighted by Gasteiger charge is -2.32. The van der Waals surface area contributed by atoms with Gasteiger partial charge in [-0.2, -0.15) is 13.8 Å². The van der Waals surface area contributed by atoms with Crippen molar-refractivity contribution in [2.45, 2.75) is 18.9 Å². The molecule has 1 fully saturated rings. The second-order valence-electron chi connectivity index (χ2n) is 6.01. The average molecular weight is 357 g/mol. The molecule has 2 aromatic rings. The molecule has 2 aliphatic rings. The van der Waals surface area contributed by atoms with E-state index < -0.39 is 5.97 Å². The molecule has 1 aromatic heterocycles. The molecule has 1 amide bonds. The van der Waals surface area contributed by atoms with Gasteiger partial charge in [0, 0.05) is 24.8 Å². The predicted octanol–water partition coefficient (Wildman–Crippen LogP) is 2.79. The van der Waals surface area contributed by atoms with E-state index in [1.54, 1.807) is 23.0 Å². The number of aromatic carboxylic acids is 1. The quantitative estimate of drug-likeness (QED) is 0.779. The van der Waals surface area contributed by atoms with E-state index >= 15 is 0 Å². The van der Waals surface area contributed by atoms with E-state index in [0.717, 1.165) is 35.6 Å². The molecule has 25 heavy (non-hydrogen) atoms. The summed E-state index contributed by atoms with van der Waals surface area (Å²) in [6.07, 6.45) is 4.39. The van der Waals surface area contributed by atoms with Crippen LogP contribution in [0.1, 0.15) is 39.6 Å². The van der Waals surface area contributed by atoms with E-state index in [-0.39, 0.29) is 17.5 Å². The van der Waals surface area contributed by atoms with Crippen LogP contribution in [0.3, 0.4) is 0 Å². The molecule has 128 valence electrons. The second-order valence-corrected chi connectivity index (χ2v) is 6.53. The number of hydrogen-bond acceptors (Lipinski definition) is 5. The molecule has 1 aromatic carbocycles. The van der Waals surface area contributed by atoms with Gasteiger partial charge >= 0.3 is 5.97 Å². The van der Waals surface area contributed by atoms with Crippen molar-refractivity contribution in [1.82, 2.24) is 14.7 Å². The highest BCUT2D eigenvalue weighted by Gasteiger charge is 2.26. The first-order valence-corrected chi connectivity index (χ1v) is 8.64. The van der Waals surface area contributed by atoms with Crippen molar-refractivity contribution in [3.05, 3.63) is 41.7 Å². The molecule has 0 atom stereocenters. The van der Waals surface area contributed by atoms with E-state index in [4.69, 9.17) is 5.11 Å². The van der Waals surface area contributed by atoms with Crippen molar-refractivity contribution in [2.24, 2.45) is 8.73 Å². The fourth-order valence-electron chi connectivity index (χ4n) is 3.08. The lowest BCUT2D eigenvalue weighted by Crippen LogP contribution is -2.39. The molecule has 8 nitrogen and oxygen atoms in total. The van der Waals surface area contributed by atoms with Crippen molar-refractivity contribution in [1.29, 1.82) is 0 Å². The standard InChI is InChI=1S/C16H15N5O3S/c22-15(10-1-2-13-14(7-10)19-25-18-13)20-5-3-12(4-6-20)21-9-11(8-17-21)16(23)24/h1-2,7-9,12H,3-6H2,(H,23,24). The van der Waals surface area contributed by atoms with Gasteiger partial charge in [0.15, 0.2) is 0 Å². The van der Waals surface area contributed by atoms with E-state index in [9.17, 15) is 9.59 Å². The number of carboxylic acids is 1. The lowest BCUT2D eigenvalue weighted by molar-refractivity contribution is 0.0688. The smallest absolute Gasteiger partial charge is 0.338 e. The van der Waals surface area contributed by atoms with Crippen LogP contribution in [0.4, 0.5) is 11.4 Å². The number of carboxylic acid groups (broad SMARTS) is 1. The Hall–Kier alpha value is -2.81. The summed E-state index contributed by atoms with van der Waals surface area (Å²) in [5.41, 5.74) is 2.34. The van der Waals surface area contributed by atoms with Crippen molar-refractivity contribution < 1.29 is 14.7 Å². The molecular weight excluding hydrogens is 342 g/mol. The summed E-state index contributed by atoms with van der Waals surface area (Å²) < 4.78 is 10.0. The highest BCUT2D eigenvalue weighted by molar-refractivity contribution is 7.58. The molecular formula is C16H15N5O3S. The Morgan fingerprint density at radius 3 is 2.60 bits per heavy atom. The highest BCUT2D eigenvalue weighted by Crippen LogP contribution is 2.33. The third-order valence-corrected chi connectivity index (χ3v) is 5.03. The van der Waals surface area contributed by atoms with Gasteiger partial charge in [-0.15, -0.1) is 0 Å². The summed E-state index contributed by atoms with van der Waals surface area (Å²) >= 11 is 1.13. The van der Waals surface area contributed by atoms with Crippen LogP contribution in [0.15, 0.2) is 39.3 Å². The van der Waals surface area contributed by atoms with Crippen molar-refractivity contribution in [3.63, 3.8) is 0 Å². The van der Waals surface area contributed by atoms with Crippen LogP contribution in [0.2, 0.25) is 0 Å². The van der Waals surface area contributed by atoms with Gasteiger partial charge in [-0.1, -0.05) is 0 Å². The number of nitrogens with zero attached hydrogens (tertiary/aromatic N) is 5. The molecule has 1 N–H and O–H groups in total. The van der Waals surface area contributed by atoms with Gasteiger partial charge in [0.2, 0.25) is 0 Å². The lowest BCUT2D eigenvalue weighted by atomic mass is 10.0. The van der Waals surface area contributed by atoms with Gasteiger partial charge in [0.25, 0.3) is 5.91 Å². The summed E-state index contributed by atoms with van der Waals surface area (Å²) in [5.74, 6) is -0.995. The number of benzene rings is 1. The minimum absolute atomic E-state index is 0.0139. The Morgan fingerprint density at radius 2 is 1.88 bits per heavy atom. The van der Waals surface area contributed by atoms with Crippen molar-refractivity contribution in [3.8, 4) is 0 Å². The minimum atomic E-state index is -0.981. The number of carbonyl (C=O) groups is 2. The maximum atomic E-state index is 12.7. The first kappa shape index (κ1) is 15.7. The second kappa shape index (κ2) is 6.25. The van der Waals surface area contributed by atoms with Crippen LogP contribution in [-0.2, 0) is 11.4 Å². The number of amides is 1. The summed E-state index contributed by atoms with van der Waals surface area (Å²) in [6.45, 7) is 1.22. The number of piperidine rings is 1. The van der Waals surface area contributed by atoms with Crippen LogP contribution >= 0.6 is 0 Å².